The van der Waals surface area contributed by atoms with Crippen LogP contribution in [0, 0.1) is 0 Å². The van der Waals surface area contributed by atoms with E-state index >= 15 is 0 Å². The van der Waals surface area contributed by atoms with Crippen molar-refractivity contribution in [2.24, 2.45) is 0 Å². The van der Waals surface area contributed by atoms with Crippen LogP contribution in [-0.2, 0) is 4.79 Å². The van der Waals surface area contributed by atoms with Gasteiger partial charge in [0, 0.05) is 5.56 Å². The standard InChI is InChI=1S/C15H7Cl5N2OS/c16-8-6-9(17)11(22-14(23)15(18,19)20)5-7(8)13-21-10-3-1-2-4-12(10)24-13/h1-6H,(H,22,23). The molecule has 1 N–H and O–H groups in total. The van der Waals surface area contributed by atoms with E-state index in [1.54, 1.807) is 6.07 Å². The van der Waals surface area contributed by atoms with E-state index in [9.17, 15) is 4.79 Å². The number of carbonyl (C=O) groups is 1. The minimum Gasteiger partial charge on any atom is -0.321 e. The molecule has 0 radical (unpaired) electrons. The first-order valence-electron chi connectivity index (χ1n) is 6.49. The lowest BCUT2D eigenvalue weighted by atomic mass is 10.2. The fourth-order valence-electron chi connectivity index (χ4n) is 1.99. The predicted molar refractivity (Wildman–Crippen MR) is 104 cm³/mol. The monoisotopic (exact) mass is 438 g/mol. The summed E-state index contributed by atoms with van der Waals surface area (Å²) in [6.45, 7) is 0. The highest BCUT2D eigenvalue weighted by Gasteiger charge is 2.31. The van der Waals surface area contributed by atoms with Gasteiger partial charge in [-0.3, -0.25) is 4.79 Å². The van der Waals surface area contributed by atoms with Crippen LogP contribution in [0.15, 0.2) is 36.4 Å². The number of carbonyl (C=O) groups excluding carboxylic acids is 1. The highest BCUT2D eigenvalue weighted by Crippen LogP contribution is 2.39. The summed E-state index contributed by atoms with van der Waals surface area (Å²) in [5.41, 5.74) is 1.77. The number of aromatic nitrogens is 1. The smallest absolute Gasteiger partial charge is 0.276 e. The zero-order valence-corrected chi connectivity index (χ0v) is 16.2. The second-order valence-corrected chi connectivity index (χ2v) is 8.88. The molecule has 0 bridgehead atoms. The number of anilines is 1. The number of amides is 1. The van der Waals surface area contributed by atoms with Gasteiger partial charge >= 0.3 is 0 Å². The number of alkyl halides is 3. The molecule has 9 heteroatoms. The quantitative estimate of drug-likeness (QED) is 0.458. The Morgan fingerprint density at radius 1 is 1.08 bits per heavy atom. The maximum Gasteiger partial charge on any atom is 0.276 e. The first-order valence-corrected chi connectivity index (χ1v) is 9.19. The van der Waals surface area contributed by atoms with Crippen LogP contribution in [0.1, 0.15) is 0 Å². The number of thiazole rings is 1. The molecule has 0 saturated carbocycles. The van der Waals surface area contributed by atoms with Gasteiger partial charge in [0.05, 0.1) is 25.9 Å². The van der Waals surface area contributed by atoms with Gasteiger partial charge in [-0.2, -0.15) is 0 Å². The summed E-state index contributed by atoms with van der Waals surface area (Å²) >= 11 is 30.6. The Hall–Kier alpha value is -0.750. The summed E-state index contributed by atoms with van der Waals surface area (Å²) in [5.74, 6) is -0.813. The molecule has 1 aromatic heterocycles. The lowest BCUT2D eigenvalue weighted by Gasteiger charge is -2.14. The number of para-hydroxylation sites is 1. The summed E-state index contributed by atoms with van der Waals surface area (Å²) in [6, 6.07) is 10.8. The summed E-state index contributed by atoms with van der Waals surface area (Å²) < 4.78 is -1.08. The largest absolute Gasteiger partial charge is 0.321 e. The Labute approximate surface area is 166 Å². The maximum absolute atomic E-state index is 11.8. The third-order valence-electron chi connectivity index (χ3n) is 3.09. The topological polar surface area (TPSA) is 42.0 Å². The van der Waals surface area contributed by atoms with Crippen molar-refractivity contribution < 1.29 is 4.79 Å². The van der Waals surface area contributed by atoms with Gasteiger partial charge in [0.25, 0.3) is 9.70 Å². The van der Waals surface area contributed by atoms with Crippen molar-refractivity contribution in [2.45, 2.75) is 3.79 Å². The van der Waals surface area contributed by atoms with Crippen LogP contribution in [0.25, 0.3) is 20.8 Å². The van der Waals surface area contributed by atoms with E-state index < -0.39 is 9.70 Å². The van der Waals surface area contributed by atoms with E-state index in [0.29, 0.717) is 15.6 Å². The number of nitrogens with zero attached hydrogens (tertiary/aromatic N) is 1. The molecule has 3 rings (SSSR count). The van der Waals surface area contributed by atoms with E-state index in [2.05, 4.69) is 10.3 Å². The van der Waals surface area contributed by atoms with Crippen LogP contribution in [0.3, 0.4) is 0 Å². The molecule has 0 unspecified atom stereocenters. The van der Waals surface area contributed by atoms with E-state index in [1.165, 1.54) is 17.4 Å². The second kappa shape index (κ2) is 6.87. The Balaban J connectivity index is 2.05. The highest BCUT2D eigenvalue weighted by molar-refractivity contribution is 7.21. The van der Waals surface area contributed by atoms with E-state index in [4.69, 9.17) is 58.0 Å². The van der Waals surface area contributed by atoms with Gasteiger partial charge in [0.15, 0.2) is 0 Å². The Morgan fingerprint density at radius 3 is 2.46 bits per heavy atom. The first kappa shape index (κ1) is 18.1. The molecule has 0 spiro atoms. The summed E-state index contributed by atoms with van der Waals surface area (Å²) in [7, 11) is 0. The third kappa shape index (κ3) is 3.74. The molecular formula is C15H7Cl5N2OS. The van der Waals surface area contributed by atoms with Crippen LogP contribution in [0.4, 0.5) is 5.69 Å². The fraction of sp³-hybridized carbons (Fsp3) is 0.0667. The summed E-state index contributed by atoms with van der Waals surface area (Å²) in [4.78, 5) is 16.4. The number of hydrogen-bond acceptors (Lipinski definition) is 3. The number of rotatable bonds is 2. The molecule has 3 nitrogen and oxygen atoms in total. The van der Waals surface area contributed by atoms with Crippen LogP contribution in [0.5, 0.6) is 0 Å². The Bertz CT molecular complexity index is 902. The first-order chi connectivity index (χ1) is 11.3. The third-order valence-corrected chi connectivity index (χ3v) is 5.30. The second-order valence-electron chi connectivity index (χ2n) is 4.75. The molecule has 0 aliphatic rings. The fourth-order valence-corrected chi connectivity index (χ4v) is 3.70. The van der Waals surface area contributed by atoms with Gasteiger partial charge in [0.1, 0.15) is 5.01 Å². The van der Waals surface area contributed by atoms with E-state index in [-0.39, 0.29) is 10.7 Å². The van der Waals surface area contributed by atoms with Gasteiger partial charge in [-0.05, 0) is 24.3 Å². The Morgan fingerprint density at radius 2 is 1.79 bits per heavy atom. The molecule has 0 saturated heterocycles. The maximum atomic E-state index is 11.8. The average Bonchev–Trinajstić information content (AvgIpc) is 2.92. The van der Waals surface area contributed by atoms with Crippen molar-refractivity contribution in [3.8, 4) is 10.6 Å². The van der Waals surface area contributed by atoms with Crippen LogP contribution < -0.4 is 5.32 Å². The minimum absolute atomic E-state index is 0.229. The molecule has 0 aliphatic heterocycles. The molecule has 3 aromatic rings. The van der Waals surface area contributed by atoms with E-state index in [1.807, 2.05) is 24.3 Å². The molecular weight excluding hydrogens is 434 g/mol. The number of nitrogens with one attached hydrogen (secondary N) is 1. The predicted octanol–water partition coefficient (Wildman–Crippen LogP) is 6.58. The van der Waals surface area contributed by atoms with Crippen molar-refractivity contribution in [3.05, 3.63) is 46.4 Å². The normalized spacial score (nSPS) is 11.7. The molecule has 1 amide bonds. The molecule has 0 fully saturated rings. The van der Waals surface area contributed by atoms with Crippen LogP contribution in [-0.4, -0.2) is 14.7 Å². The molecule has 0 aliphatic carbocycles. The van der Waals surface area contributed by atoms with Crippen LogP contribution >= 0.6 is 69.3 Å². The molecule has 0 atom stereocenters. The van der Waals surface area contributed by atoms with Crippen molar-refractivity contribution in [1.82, 2.24) is 4.98 Å². The SMILES string of the molecule is O=C(Nc1cc(-c2nc3ccccc3s2)c(Cl)cc1Cl)C(Cl)(Cl)Cl. The number of fused-ring (bicyclic) bond motifs is 1. The molecule has 24 heavy (non-hydrogen) atoms. The molecule has 124 valence electrons. The van der Waals surface area contributed by atoms with Crippen molar-refractivity contribution in [2.75, 3.05) is 5.32 Å². The number of benzene rings is 2. The summed E-state index contributed by atoms with van der Waals surface area (Å²) in [6.07, 6.45) is 0. The zero-order chi connectivity index (χ0) is 17.5. The van der Waals surface area contributed by atoms with Crippen molar-refractivity contribution in [1.29, 1.82) is 0 Å². The van der Waals surface area contributed by atoms with Crippen LogP contribution in [0.2, 0.25) is 10.0 Å². The lowest BCUT2D eigenvalue weighted by molar-refractivity contribution is -0.115. The number of halogens is 5. The zero-order valence-electron chi connectivity index (χ0n) is 11.6. The van der Waals surface area contributed by atoms with Gasteiger partial charge < -0.3 is 5.32 Å². The highest BCUT2D eigenvalue weighted by atomic mass is 35.6. The number of hydrogen-bond donors (Lipinski definition) is 1. The van der Waals surface area contributed by atoms with Crippen molar-refractivity contribution in [3.63, 3.8) is 0 Å². The Kier molecular flexibility index (Phi) is 5.17. The summed E-state index contributed by atoms with van der Waals surface area (Å²) in [5, 5.41) is 3.81. The molecule has 1 heterocycles. The molecule has 2 aromatic carbocycles. The average molecular weight is 441 g/mol. The van der Waals surface area contributed by atoms with Crippen molar-refractivity contribution >= 4 is 91.2 Å². The van der Waals surface area contributed by atoms with E-state index in [0.717, 1.165) is 10.2 Å². The lowest BCUT2D eigenvalue weighted by Crippen LogP contribution is -2.27. The van der Waals surface area contributed by atoms with Gasteiger partial charge in [-0.15, -0.1) is 11.3 Å². The minimum atomic E-state index is -2.10. The van der Waals surface area contributed by atoms with Gasteiger partial charge in [-0.25, -0.2) is 4.98 Å². The van der Waals surface area contributed by atoms with Gasteiger partial charge in [-0.1, -0.05) is 70.1 Å². The van der Waals surface area contributed by atoms with Gasteiger partial charge in [0.2, 0.25) is 0 Å².